The van der Waals surface area contributed by atoms with Crippen LogP contribution in [-0.4, -0.2) is 17.6 Å². The minimum atomic E-state index is -0.470. The van der Waals surface area contributed by atoms with Gasteiger partial charge >= 0.3 is 5.97 Å². The highest BCUT2D eigenvalue weighted by molar-refractivity contribution is 5.88. The molecule has 0 heterocycles. The van der Waals surface area contributed by atoms with Crippen molar-refractivity contribution in [3.8, 4) is 0 Å². The van der Waals surface area contributed by atoms with Crippen LogP contribution in [0.4, 0.5) is 0 Å². The summed E-state index contributed by atoms with van der Waals surface area (Å²) < 4.78 is 5.19. The van der Waals surface area contributed by atoms with Crippen molar-refractivity contribution < 1.29 is 9.53 Å². The van der Waals surface area contributed by atoms with Gasteiger partial charge in [-0.15, -0.1) is 0 Å². The quantitative estimate of drug-likeness (QED) is 0.575. The number of ether oxygens (including phenoxy) is 1. The fourth-order valence-corrected chi connectivity index (χ4v) is 0.954. The number of rotatable bonds is 4. The second-order valence-electron chi connectivity index (χ2n) is 5.22. The summed E-state index contributed by atoms with van der Waals surface area (Å²) in [5.74, 6) is -0.0113. The molecule has 88 valence electrons. The standard InChI is InChI=1S/C12H23NO2/c1-8(2)10(13)7-9(3)11(14)15-12(4,5)6/h8,10H,3,7,13H2,1-2,4-6H3/t10-/m0/s1. The van der Waals surface area contributed by atoms with Crippen molar-refractivity contribution >= 4 is 5.97 Å². The topological polar surface area (TPSA) is 52.3 Å². The first-order valence-electron chi connectivity index (χ1n) is 5.30. The van der Waals surface area contributed by atoms with Crippen LogP contribution in [-0.2, 0) is 9.53 Å². The summed E-state index contributed by atoms with van der Waals surface area (Å²) in [7, 11) is 0. The number of nitrogens with two attached hydrogens (primary N) is 1. The molecular formula is C12H23NO2. The van der Waals surface area contributed by atoms with E-state index < -0.39 is 5.60 Å². The molecular weight excluding hydrogens is 190 g/mol. The van der Waals surface area contributed by atoms with E-state index in [1.165, 1.54) is 0 Å². The van der Waals surface area contributed by atoms with Crippen LogP contribution in [0, 0.1) is 5.92 Å². The van der Waals surface area contributed by atoms with Crippen molar-refractivity contribution in [1.82, 2.24) is 0 Å². The molecule has 3 nitrogen and oxygen atoms in total. The third-order valence-corrected chi connectivity index (χ3v) is 2.03. The van der Waals surface area contributed by atoms with Crippen LogP contribution in [0.25, 0.3) is 0 Å². The van der Waals surface area contributed by atoms with Crippen molar-refractivity contribution in [2.24, 2.45) is 11.7 Å². The van der Waals surface area contributed by atoms with Crippen LogP contribution in [0.2, 0.25) is 0 Å². The lowest BCUT2D eigenvalue weighted by Gasteiger charge is -2.22. The van der Waals surface area contributed by atoms with Crippen molar-refractivity contribution in [2.75, 3.05) is 0 Å². The fourth-order valence-electron chi connectivity index (χ4n) is 0.954. The van der Waals surface area contributed by atoms with Crippen LogP contribution < -0.4 is 5.73 Å². The van der Waals surface area contributed by atoms with E-state index in [1.54, 1.807) is 0 Å². The van der Waals surface area contributed by atoms with Gasteiger partial charge in [-0.05, 0) is 33.1 Å². The molecule has 0 saturated carbocycles. The van der Waals surface area contributed by atoms with E-state index in [-0.39, 0.29) is 12.0 Å². The van der Waals surface area contributed by atoms with Gasteiger partial charge in [0.25, 0.3) is 0 Å². The lowest BCUT2D eigenvalue weighted by Crippen LogP contribution is -2.30. The maximum absolute atomic E-state index is 11.5. The Morgan fingerprint density at radius 1 is 1.40 bits per heavy atom. The molecule has 0 spiro atoms. The molecule has 0 saturated heterocycles. The largest absolute Gasteiger partial charge is 0.457 e. The zero-order valence-corrected chi connectivity index (χ0v) is 10.5. The van der Waals surface area contributed by atoms with Crippen molar-refractivity contribution in [3.05, 3.63) is 12.2 Å². The first kappa shape index (κ1) is 14.2. The van der Waals surface area contributed by atoms with Crippen LogP contribution in [0.5, 0.6) is 0 Å². The van der Waals surface area contributed by atoms with Gasteiger partial charge in [-0.3, -0.25) is 0 Å². The maximum Gasteiger partial charge on any atom is 0.333 e. The molecule has 2 N–H and O–H groups in total. The summed E-state index contributed by atoms with van der Waals surface area (Å²) in [6.07, 6.45) is 0.493. The highest BCUT2D eigenvalue weighted by Crippen LogP contribution is 2.15. The minimum absolute atomic E-state index is 0.0370. The van der Waals surface area contributed by atoms with Crippen LogP contribution in [0.3, 0.4) is 0 Å². The first-order chi connectivity index (χ1) is 6.63. The molecule has 0 rings (SSSR count). The van der Waals surface area contributed by atoms with Crippen LogP contribution >= 0.6 is 0 Å². The van der Waals surface area contributed by atoms with Gasteiger partial charge in [0, 0.05) is 11.6 Å². The molecule has 0 aliphatic carbocycles. The predicted octanol–water partition coefficient (Wildman–Crippen LogP) is 2.26. The smallest absolute Gasteiger partial charge is 0.333 e. The molecule has 0 aromatic rings. The number of carbonyl (C=O) groups is 1. The average Bonchev–Trinajstić information content (AvgIpc) is 2.00. The second-order valence-corrected chi connectivity index (χ2v) is 5.22. The molecule has 0 aromatic heterocycles. The Bertz CT molecular complexity index is 238. The Morgan fingerprint density at radius 2 is 1.87 bits per heavy atom. The van der Waals surface area contributed by atoms with Gasteiger partial charge in [-0.25, -0.2) is 4.79 Å². The number of esters is 1. The zero-order chi connectivity index (χ0) is 12.2. The summed E-state index contributed by atoms with van der Waals surface area (Å²) in [6.45, 7) is 13.3. The van der Waals surface area contributed by atoms with Gasteiger partial charge in [0.2, 0.25) is 0 Å². The summed E-state index contributed by atoms with van der Waals surface area (Å²) in [5, 5.41) is 0. The van der Waals surface area contributed by atoms with Crippen LogP contribution in [0.1, 0.15) is 41.0 Å². The predicted molar refractivity (Wildman–Crippen MR) is 62.4 cm³/mol. The molecule has 1 atom stereocenters. The Balaban J connectivity index is 4.18. The van der Waals surface area contributed by atoms with Gasteiger partial charge in [0.1, 0.15) is 5.60 Å². The van der Waals surface area contributed by atoms with E-state index in [4.69, 9.17) is 10.5 Å². The van der Waals surface area contributed by atoms with Crippen molar-refractivity contribution in [3.63, 3.8) is 0 Å². The lowest BCUT2D eigenvalue weighted by molar-refractivity contribution is -0.150. The molecule has 0 aromatic carbocycles. The highest BCUT2D eigenvalue weighted by Gasteiger charge is 2.20. The van der Waals surface area contributed by atoms with E-state index in [1.807, 2.05) is 34.6 Å². The summed E-state index contributed by atoms with van der Waals surface area (Å²) in [6, 6.07) is -0.0370. The van der Waals surface area contributed by atoms with E-state index in [0.29, 0.717) is 17.9 Å². The summed E-state index contributed by atoms with van der Waals surface area (Å²) in [5.41, 5.74) is 5.83. The molecule has 0 fully saturated rings. The molecule has 0 aliphatic heterocycles. The molecule has 3 heteroatoms. The van der Waals surface area contributed by atoms with Crippen molar-refractivity contribution in [1.29, 1.82) is 0 Å². The summed E-state index contributed by atoms with van der Waals surface area (Å²) >= 11 is 0. The molecule has 0 amide bonds. The molecule has 15 heavy (non-hydrogen) atoms. The third kappa shape index (κ3) is 6.28. The van der Waals surface area contributed by atoms with E-state index >= 15 is 0 Å². The number of hydrogen-bond acceptors (Lipinski definition) is 3. The minimum Gasteiger partial charge on any atom is -0.457 e. The first-order valence-corrected chi connectivity index (χ1v) is 5.30. The Kier molecular flexibility index (Phi) is 5.01. The van der Waals surface area contributed by atoms with E-state index in [0.717, 1.165) is 0 Å². The monoisotopic (exact) mass is 213 g/mol. The SMILES string of the molecule is C=C(C[C@H](N)C(C)C)C(=O)OC(C)(C)C. The normalized spacial score (nSPS) is 13.8. The molecule has 0 bridgehead atoms. The Morgan fingerprint density at radius 3 is 2.20 bits per heavy atom. The van der Waals surface area contributed by atoms with Gasteiger partial charge in [-0.1, -0.05) is 20.4 Å². The van der Waals surface area contributed by atoms with Gasteiger partial charge in [-0.2, -0.15) is 0 Å². The van der Waals surface area contributed by atoms with Gasteiger partial charge in [0.15, 0.2) is 0 Å². The number of hydrogen-bond donors (Lipinski definition) is 1. The molecule has 0 aliphatic rings. The third-order valence-electron chi connectivity index (χ3n) is 2.03. The molecule has 0 unspecified atom stereocenters. The zero-order valence-electron chi connectivity index (χ0n) is 10.5. The Labute approximate surface area is 92.7 Å². The Hall–Kier alpha value is -0.830. The molecule has 0 radical (unpaired) electrons. The van der Waals surface area contributed by atoms with Gasteiger partial charge in [0.05, 0.1) is 0 Å². The van der Waals surface area contributed by atoms with Gasteiger partial charge < -0.3 is 10.5 Å². The van der Waals surface area contributed by atoms with Crippen molar-refractivity contribution in [2.45, 2.75) is 52.7 Å². The summed E-state index contributed by atoms with van der Waals surface area (Å²) in [4.78, 5) is 11.5. The van der Waals surface area contributed by atoms with Crippen LogP contribution in [0.15, 0.2) is 12.2 Å². The second kappa shape index (κ2) is 5.31. The lowest BCUT2D eigenvalue weighted by atomic mass is 9.98. The maximum atomic E-state index is 11.5. The van der Waals surface area contributed by atoms with E-state index in [9.17, 15) is 4.79 Å². The number of carbonyl (C=O) groups excluding carboxylic acids is 1. The highest BCUT2D eigenvalue weighted by atomic mass is 16.6. The fraction of sp³-hybridized carbons (Fsp3) is 0.750. The van der Waals surface area contributed by atoms with E-state index in [2.05, 4.69) is 6.58 Å². The average molecular weight is 213 g/mol.